The Labute approximate surface area is 111 Å². The van der Waals surface area contributed by atoms with E-state index in [4.69, 9.17) is 5.73 Å². The highest BCUT2D eigenvalue weighted by atomic mass is 16.2. The first-order valence-electron chi connectivity index (χ1n) is 6.36. The molecule has 1 saturated heterocycles. The van der Waals surface area contributed by atoms with E-state index in [0.29, 0.717) is 19.5 Å². The van der Waals surface area contributed by atoms with E-state index < -0.39 is 6.04 Å². The first kappa shape index (κ1) is 13.5. The van der Waals surface area contributed by atoms with Crippen molar-refractivity contribution in [3.8, 4) is 0 Å². The molecule has 2 amide bonds. The number of amides is 2. The van der Waals surface area contributed by atoms with Crippen LogP contribution in [0.3, 0.4) is 0 Å². The van der Waals surface area contributed by atoms with E-state index in [2.05, 4.69) is 5.10 Å². The number of carbonyl (C=O) groups is 2. The van der Waals surface area contributed by atoms with Crippen molar-refractivity contribution >= 4 is 17.5 Å². The maximum absolute atomic E-state index is 12.1. The maximum Gasteiger partial charge on any atom is 0.246 e. The summed E-state index contributed by atoms with van der Waals surface area (Å²) in [6, 6.07) is -0.516. The van der Waals surface area contributed by atoms with Gasteiger partial charge in [-0.2, -0.15) is 5.10 Å². The molecule has 1 aromatic heterocycles. The van der Waals surface area contributed by atoms with E-state index in [1.54, 1.807) is 29.0 Å². The van der Waals surface area contributed by atoms with Crippen LogP contribution >= 0.6 is 0 Å². The molecule has 1 unspecified atom stereocenters. The quantitative estimate of drug-likeness (QED) is 0.785. The van der Waals surface area contributed by atoms with Crippen LogP contribution in [0.5, 0.6) is 0 Å². The predicted octanol–water partition coefficient (Wildman–Crippen LogP) is -0.667. The molecule has 2 N–H and O–H groups in total. The molecule has 0 bridgehead atoms. The smallest absolute Gasteiger partial charge is 0.246 e. The van der Waals surface area contributed by atoms with Crippen molar-refractivity contribution in [2.45, 2.75) is 19.4 Å². The highest BCUT2D eigenvalue weighted by Crippen LogP contribution is 2.16. The van der Waals surface area contributed by atoms with Crippen molar-refractivity contribution < 1.29 is 9.59 Å². The second-order valence-corrected chi connectivity index (χ2v) is 4.69. The average molecular weight is 265 g/mol. The Morgan fingerprint density at radius 2 is 2.26 bits per heavy atom. The summed E-state index contributed by atoms with van der Waals surface area (Å²) in [5, 5.41) is 4.04. The molecule has 7 heteroatoms. The Morgan fingerprint density at radius 3 is 2.79 bits per heavy atom. The Hall–Kier alpha value is -1.89. The lowest BCUT2D eigenvalue weighted by molar-refractivity contribution is -0.137. The molecule has 7 nitrogen and oxygen atoms in total. The van der Waals surface area contributed by atoms with Crippen LogP contribution in [0, 0.1) is 0 Å². The molecule has 0 aromatic carbocycles. The molecule has 1 aromatic rings. The van der Waals surface area contributed by atoms with Gasteiger partial charge in [0.15, 0.2) is 0 Å². The van der Waals surface area contributed by atoms with Gasteiger partial charge >= 0.3 is 0 Å². The zero-order valence-electron chi connectivity index (χ0n) is 11.2. The zero-order chi connectivity index (χ0) is 14.0. The normalized spacial score (nSPS) is 17.7. The second-order valence-electron chi connectivity index (χ2n) is 4.69. The van der Waals surface area contributed by atoms with Gasteiger partial charge in [-0.3, -0.25) is 14.3 Å². The summed E-state index contributed by atoms with van der Waals surface area (Å²) in [7, 11) is 1.80. The highest BCUT2D eigenvalue weighted by molar-refractivity contribution is 5.98. The third-order valence-electron chi connectivity index (χ3n) is 3.29. The van der Waals surface area contributed by atoms with Gasteiger partial charge in [0, 0.05) is 26.3 Å². The van der Waals surface area contributed by atoms with E-state index in [0.717, 1.165) is 5.69 Å². The minimum atomic E-state index is -0.516. The lowest BCUT2D eigenvalue weighted by Crippen LogP contribution is -2.55. The summed E-state index contributed by atoms with van der Waals surface area (Å²) in [5.74, 6) is -0.252. The third kappa shape index (κ3) is 2.76. The fourth-order valence-corrected chi connectivity index (χ4v) is 2.09. The summed E-state index contributed by atoms with van der Waals surface area (Å²) in [6.45, 7) is 2.93. The number of nitrogens with zero attached hydrogens (tertiary/aromatic N) is 4. The molecule has 0 spiro atoms. The number of aryl methyl sites for hydroxylation is 1. The monoisotopic (exact) mass is 265 g/mol. The fourth-order valence-electron chi connectivity index (χ4n) is 2.09. The molecule has 1 atom stereocenters. The van der Waals surface area contributed by atoms with Gasteiger partial charge in [-0.1, -0.05) is 6.92 Å². The van der Waals surface area contributed by atoms with Crippen LogP contribution in [0.15, 0.2) is 12.4 Å². The number of nitrogens with two attached hydrogens (primary N) is 1. The van der Waals surface area contributed by atoms with E-state index in [1.807, 2.05) is 6.92 Å². The largest absolute Gasteiger partial charge is 0.330 e. The minimum absolute atomic E-state index is 0.0847. The number of aromatic nitrogens is 2. The average Bonchev–Trinajstić information content (AvgIpc) is 2.83. The van der Waals surface area contributed by atoms with Crippen LogP contribution < -0.4 is 10.6 Å². The van der Waals surface area contributed by atoms with Crippen LogP contribution in [-0.2, 0) is 16.6 Å². The van der Waals surface area contributed by atoms with Gasteiger partial charge in [-0.25, -0.2) is 0 Å². The molecular weight excluding hydrogens is 246 g/mol. The van der Waals surface area contributed by atoms with Crippen LogP contribution in [0.4, 0.5) is 5.69 Å². The van der Waals surface area contributed by atoms with Crippen molar-refractivity contribution in [2.24, 2.45) is 12.8 Å². The topological polar surface area (TPSA) is 84.5 Å². The Morgan fingerprint density at radius 1 is 1.53 bits per heavy atom. The van der Waals surface area contributed by atoms with Crippen molar-refractivity contribution in [1.82, 2.24) is 14.7 Å². The zero-order valence-corrected chi connectivity index (χ0v) is 11.2. The summed E-state index contributed by atoms with van der Waals surface area (Å²) in [4.78, 5) is 27.2. The lowest BCUT2D eigenvalue weighted by Gasteiger charge is -2.34. The van der Waals surface area contributed by atoms with Gasteiger partial charge in [0.25, 0.3) is 0 Å². The van der Waals surface area contributed by atoms with Crippen molar-refractivity contribution in [3.05, 3.63) is 12.4 Å². The standard InChI is InChI=1S/C12H19N5O2/c1-3-10(13)12(19)16-4-5-17(11(18)8-16)9-6-14-15(2)7-9/h6-7,10H,3-5,8,13H2,1-2H3. The molecule has 0 aliphatic carbocycles. The Kier molecular flexibility index (Phi) is 3.84. The van der Waals surface area contributed by atoms with Gasteiger partial charge in [0.05, 0.1) is 17.9 Å². The van der Waals surface area contributed by atoms with Crippen LogP contribution in [0.2, 0.25) is 0 Å². The number of hydrogen-bond donors (Lipinski definition) is 1. The molecule has 2 rings (SSSR count). The Bertz CT molecular complexity index is 484. The number of piperazine rings is 1. The number of rotatable bonds is 3. The van der Waals surface area contributed by atoms with E-state index >= 15 is 0 Å². The van der Waals surface area contributed by atoms with Crippen molar-refractivity contribution in [2.75, 3.05) is 24.5 Å². The third-order valence-corrected chi connectivity index (χ3v) is 3.29. The van der Waals surface area contributed by atoms with Gasteiger partial charge in [-0.05, 0) is 6.42 Å². The lowest BCUT2D eigenvalue weighted by atomic mass is 10.2. The molecule has 19 heavy (non-hydrogen) atoms. The fraction of sp³-hybridized carbons (Fsp3) is 0.583. The first-order chi connectivity index (χ1) is 9.02. The summed E-state index contributed by atoms with van der Waals surface area (Å²) in [5.41, 5.74) is 6.48. The summed E-state index contributed by atoms with van der Waals surface area (Å²) in [6.07, 6.45) is 4.01. The molecule has 2 heterocycles. The highest BCUT2D eigenvalue weighted by Gasteiger charge is 2.30. The van der Waals surface area contributed by atoms with Crippen molar-refractivity contribution in [3.63, 3.8) is 0 Å². The molecule has 104 valence electrons. The molecule has 1 aliphatic heterocycles. The summed E-state index contributed by atoms with van der Waals surface area (Å²) >= 11 is 0. The van der Waals surface area contributed by atoms with E-state index in [-0.39, 0.29) is 18.4 Å². The molecule has 0 radical (unpaired) electrons. The molecule has 0 saturated carbocycles. The SMILES string of the molecule is CCC(N)C(=O)N1CCN(c2cnn(C)c2)C(=O)C1. The number of anilines is 1. The minimum Gasteiger partial charge on any atom is -0.330 e. The van der Waals surface area contributed by atoms with Gasteiger partial charge in [-0.15, -0.1) is 0 Å². The van der Waals surface area contributed by atoms with Crippen molar-refractivity contribution in [1.29, 1.82) is 0 Å². The first-order valence-corrected chi connectivity index (χ1v) is 6.36. The number of carbonyl (C=O) groups excluding carboxylic acids is 2. The molecule has 1 fully saturated rings. The second kappa shape index (κ2) is 5.40. The number of hydrogen-bond acceptors (Lipinski definition) is 4. The van der Waals surface area contributed by atoms with Crippen LogP contribution in [0.1, 0.15) is 13.3 Å². The molecular formula is C12H19N5O2. The van der Waals surface area contributed by atoms with E-state index in [1.165, 1.54) is 4.90 Å². The maximum atomic E-state index is 12.1. The van der Waals surface area contributed by atoms with Crippen LogP contribution in [-0.4, -0.2) is 52.2 Å². The van der Waals surface area contributed by atoms with Gasteiger partial charge in [0.2, 0.25) is 11.8 Å². The predicted molar refractivity (Wildman–Crippen MR) is 70.4 cm³/mol. The molecule has 1 aliphatic rings. The summed E-state index contributed by atoms with van der Waals surface area (Å²) < 4.78 is 1.65. The van der Waals surface area contributed by atoms with Crippen LogP contribution in [0.25, 0.3) is 0 Å². The van der Waals surface area contributed by atoms with Gasteiger partial charge < -0.3 is 15.5 Å². The van der Waals surface area contributed by atoms with E-state index in [9.17, 15) is 9.59 Å². The van der Waals surface area contributed by atoms with Gasteiger partial charge in [0.1, 0.15) is 6.54 Å². The Balaban J connectivity index is 2.02.